The largest absolute Gasteiger partial charge is 0.496 e. The number of amides is 1. The molecule has 0 saturated heterocycles. The van der Waals surface area contributed by atoms with E-state index >= 15 is 0 Å². The Labute approximate surface area is 102 Å². The fourth-order valence-electron chi connectivity index (χ4n) is 0.911. The summed E-state index contributed by atoms with van der Waals surface area (Å²) in [7, 11) is 5.04. The maximum Gasteiger partial charge on any atom is 0.286 e. The molecule has 1 rings (SSSR count). The lowest BCUT2D eigenvalue weighted by molar-refractivity contribution is 0.241. The first-order valence-corrected chi connectivity index (χ1v) is 5.88. The van der Waals surface area contributed by atoms with Gasteiger partial charge in [-0.15, -0.1) is 0 Å². The van der Waals surface area contributed by atoms with E-state index < -0.39 is 0 Å². The molecule has 0 atom stereocenters. The van der Waals surface area contributed by atoms with Gasteiger partial charge in [0.1, 0.15) is 5.75 Å². The van der Waals surface area contributed by atoms with Crippen LogP contribution >= 0.6 is 27.7 Å². The molecule has 0 unspecified atom stereocenters. The van der Waals surface area contributed by atoms with Crippen molar-refractivity contribution >= 4 is 32.9 Å². The number of nitrogens with zero attached hydrogens (tertiary/aromatic N) is 1. The van der Waals surface area contributed by atoms with Crippen LogP contribution in [0.5, 0.6) is 5.75 Å². The first-order valence-electron chi connectivity index (χ1n) is 4.27. The number of halogens is 1. The van der Waals surface area contributed by atoms with Gasteiger partial charge in [-0.05, 0) is 30.0 Å². The highest BCUT2D eigenvalue weighted by molar-refractivity contribution is 9.10. The minimum Gasteiger partial charge on any atom is -0.496 e. The van der Waals surface area contributed by atoms with Crippen LogP contribution in [0.3, 0.4) is 0 Å². The minimum absolute atomic E-state index is 0.0179. The zero-order chi connectivity index (χ0) is 11.4. The summed E-state index contributed by atoms with van der Waals surface area (Å²) in [5.74, 6) is 0.699. The van der Waals surface area contributed by atoms with Crippen molar-refractivity contribution in [2.75, 3.05) is 21.2 Å². The van der Waals surface area contributed by atoms with Crippen molar-refractivity contribution in [3.05, 3.63) is 22.7 Å². The maximum atomic E-state index is 11.5. The van der Waals surface area contributed by atoms with Gasteiger partial charge in [-0.3, -0.25) is 4.79 Å². The molecule has 5 heteroatoms. The Bertz CT molecular complexity index is 368. The lowest BCUT2D eigenvalue weighted by atomic mass is 10.3. The SMILES string of the molecule is COc1cc(Br)ccc1SC(=O)N(C)C. The topological polar surface area (TPSA) is 29.5 Å². The van der Waals surface area contributed by atoms with Crippen molar-refractivity contribution in [2.45, 2.75) is 4.90 Å². The van der Waals surface area contributed by atoms with E-state index in [0.29, 0.717) is 5.75 Å². The van der Waals surface area contributed by atoms with E-state index in [-0.39, 0.29) is 5.24 Å². The molecule has 3 nitrogen and oxygen atoms in total. The Morgan fingerprint density at radius 3 is 2.67 bits per heavy atom. The number of methoxy groups -OCH3 is 1. The average molecular weight is 290 g/mol. The molecule has 0 heterocycles. The van der Waals surface area contributed by atoms with Gasteiger partial charge in [0.2, 0.25) is 0 Å². The van der Waals surface area contributed by atoms with E-state index in [9.17, 15) is 4.79 Å². The predicted molar refractivity (Wildman–Crippen MR) is 65.6 cm³/mol. The number of ether oxygens (including phenoxy) is 1. The molecule has 15 heavy (non-hydrogen) atoms. The summed E-state index contributed by atoms with van der Waals surface area (Å²) in [6.45, 7) is 0. The van der Waals surface area contributed by atoms with Gasteiger partial charge >= 0.3 is 0 Å². The third kappa shape index (κ3) is 3.43. The van der Waals surface area contributed by atoms with Crippen LogP contribution in [0.15, 0.2) is 27.6 Å². The lowest BCUT2D eigenvalue weighted by Gasteiger charge is -2.11. The first kappa shape index (κ1) is 12.4. The second-order valence-electron chi connectivity index (χ2n) is 3.06. The van der Waals surface area contributed by atoms with Crippen LogP contribution < -0.4 is 4.74 Å². The monoisotopic (exact) mass is 289 g/mol. The van der Waals surface area contributed by atoms with E-state index in [0.717, 1.165) is 21.1 Å². The Hall–Kier alpha value is -0.680. The van der Waals surface area contributed by atoms with Crippen LogP contribution in [0, 0.1) is 0 Å². The molecule has 0 aromatic heterocycles. The van der Waals surface area contributed by atoms with Gasteiger partial charge in [0, 0.05) is 18.6 Å². The van der Waals surface area contributed by atoms with Crippen molar-refractivity contribution in [1.82, 2.24) is 4.90 Å². The molecule has 1 aromatic rings. The molecular formula is C10H12BrNO2S. The van der Waals surface area contributed by atoms with E-state index in [1.807, 2.05) is 18.2 Å². The van der Waals surface area contributed by atoms with Gasteiger partial charge in [-0.25, -0.2) is 0 Å². The summed E-state index contributed by atoms with van der Waals surface area (Å²) in [4.78, 5) is 13.8. The number of benzene rings is 1. The number of carbonyl (C=O) groups is 1. The smallest absolute Gasteiger partial charge is 0.286 e. The Morgan fingerprint density at radius 2 is 2.13 bits per heavy atom. The van der Waals surface area contributed by atoms with E-state index in [1.165, 1.54) is 4.90 Å². The second kappa shape index (κ2) is 5.42. The molecule has 0 N–H and O–H groups in total. The maximum absolute atomic E-state index is 11.5. The molecule has 1 aromatic carbocycles. The highest BCUT2D eigenvalue weighted by Gasteiger charge is 2.11. The number of rotatable bonds is 2. The van der Waals surface area contributed by atoms with Gasteiger partial charge in [-0.1, -0.05) is 15.9 Å². The van der Waals surface area contributed by atoms with E-state index in [4.69, 9.17) is 4.74 Å². The van der Waals surface area contributed by atoms with Gasteiger partial charge in [0.25, 0.3) is 5.24 Å². The molecule has 0 bridgehead atoms. The van der Waals surface area contributed by atoms with Crippen LogP contribution in [0.25, 0.3) is 0 Å². The van der Waals surface area contributed by atoms with Gasteiger partial charge in [0.15, 0.2) is 0 Å². The normalized spacial score (nSPS) is 9.87. The van der Waals surface area contributed by atoms with Crippen molar-refractivity contribution in [1.29, 1.82) is 0 Å². The third-order valence-corrected chi connectivity index (χ3v) is 3.28. The van der Waals surface area contributed by atoms with Crippen LogP contribution in [0.4, 0.5) is 4.79 Å². The standard InChI is InChI=1S/C10H12BrNO2S/c1-12(2)10(13)15-9-5-4-7(11)6-8(9)14-3/h4-6H,1-3H3. The lowest BCUT2D eigenvalue weighted by Crippen LogP contribution is -2.16. The molecule has 0 fully saturated rings. The highest BCUT2D eigenvalue weighted by Crippen LogP contribution is 2.32. The van der Waals surface area contributed by atoms with Crippen LogP contribution in [-0.2, 0) is 0 Å². The van der Waals surface area contributed by atoms with Crippen LogP contribution in [-0.4, -0.2) is 31.3 Å². The zero-order valence-electron chi connectivity index (χ0n) is 8.78. The summed E-state index contributed by atoms with van der Waals surface area (Å²) in [6, 6.07) is 5.58. The quantitative estimate of drug-likeness (QED) is 0.783. The number of hydrogen-bond donors (Lipinski definition) is 0. The van der Waals surface area contributed by atoms with E-state index in [2.05, 4.69) is 15.9 Å². The van der Waals surface area contributed by atoms with Crippen molar-refractivity contribution < 1.29 is 9.53 Å². The summed E-state index contributed by atoms with van der Waals surface area (Å²) < 4.78 is 6.12. The molecule has 0 aliphatic carbocycles. The summed E-state index contributed by atoms with van der Waals surface area (Å²) in [6.07, 6.45) is 0. The number of thioether (sulfide) groups is 1. The molecule has 0 spiro atoms. The fourth-order valence-corrected chi connectivity index (χ4v) is 2.00. The molecule has 0 aliphatic heterocycles. The first-order chi connectivity index (χ1) is 7.04. The Kier molecular flexibility index (Phi) is 4.47. The molecule has 0 aliphatic rings. The predicted octanol–water partition coefficient (Wildman–Crippen LogP) is 3.23. The minimum atomic E-state index is -0.0179. The second-order valence-corrected chi connectivity index (χ2v) is 4.97. The number of hydrogen-bond acceptors (Lipinski definition) is 3. The van der Waals surface area contributed by atoms with Crippen LogP contribution in [0.2, 0.25) is 0 Å². The fraction of sp³-hybridized carbons (Fsp3) is 0.300. The van der Waals surface area contributed by atoms with E-state index in [1.54, 1.807) is 21.2 Å². The van der Waals surface area contributed by atoms with Gasteiger partial charge in [-0.2, -0.15) is 0 Å². The van der Waals surface area contributed by atoms with Crippen molar-refractivity contribution in [3.8, 4) is 5.75 Å². The van der Waals surface area contributed by atoms with Gasteiger partial charge in [0.05, 0.1) is 12.0 Å². The molecule has 82 valence electrons. The molecule has 1 amide bonds. The number of carbonyl (C=O) groups excluding carboxylic acids is 1. The summed E-state index contributed by atoms with van der Waals surface area (Å²) in [5, 5.41) is -0.0179. The summed E-state index contributed by atoms with van der Waals surface area (Å²) in [5.41, 5.74) is 0. The van der Waals surface area contributed by atoms with Crippen molar-refractivity contribution in [3.63, 3.8) is 0 Å². The Balaban J connectivity index is 2.89. The van der Waals surface area contributed by atoms with Crippen LogP contribution in [0.1, 0.15) is 0 Å². The van der Waals surface area contributed by atoms with Crippen molar-refractivity contribution in [2.24, 2.45) is 0 Å². The highest BCUT2D eigenvalue weighted by atomic mass is 79.9. The molecular weight excluding hydrogens is 278 g/mol. The summed E-state index contributed by atoms with van der Waals surface area (Å²) >= 11 is 4.50. The third-order valence-electron chi connectivity index (χ3n) is 1.69. The average Bonchev–Trinajstić information content (AvgIpc) is 2.20. The molecule has 0 saturated carbocycles. The zero-order valence-corrected chi connectivity index (χ0v) is 11.2. The van der Waals surface area contributed by atoms with Gasteiger partial charge < -0.3 is 9.64 Å². The Morgan fingerprint density at radius 1 is 1.47 bits per heavy atom. The molecule has 0 radical (unpaired) electrons.